The molecule has 2 rings (SSSR count). The summed E-state index contributed by atoms with van der Waals surface area (Å²) in [5, 5.41) is 6.79. The van der Waals surface area contributed by atoms with Crippen molar-refractivity contribution in [2.75, 3.05) is 59.1 Å². The van der Waals surface area contributed by atoms with E-state index in [2.05, 4.69) is 29.4 Å². The fraction of sp³-hybridized carbons (Fsp3) is 0.950. The molecule has 7 heteroatoms. The normalized spacial score (nSPS) is 20.7. The lowest BCUT2D eigenvalue weighted by Crippen LogP contribution is -2.40. The Morgan fingerprint density at radius 2 is 1.93 bits per heavy atom. The number of ether oxygens (including phenoxy) is 2. The zero-order valence-corrected chi connectivity index (χ0v) is 19.7. The van der Waals surface area contributed by atoms with Crippen LogP contribution in [0.2, 0.25) is 0 Å². The molecular weight excluding hydrogens is 455 g/mol. The lowest BCUT2D eigenvalue weighted by Gasteiger charge is -2.28. The van der Waals surface area contributed by atoms with Gasteiger partial charge in [-0.3, -0.25) is 9.89 Å². The summed E-state index contributed by atoms with van der Waals surface area (Å²) >= 11 is 0. The molecule has 1 saturated heterocycles. The molecule has 1 aliphatic carbocycles. The van der Waals surface area contributed by atoms with Gasteiger partial charge in [-0.1, -0.05) is 26.2 Å². The number of hydrogen-bond donors (Lipinski definition) is 2. The highest BCUT2D eigenvalue weighted by Gasteiger charge is 2.14. The molecule has 2 aliphatic rings. The number of nitrogens with zero attached hydrogens (tertiary/aromatic N) is 2. The number of rotatable bonds is 10. The third kappa shape index (κ3) is 11.5. The molecule has 2 fully saturated rings. The SMILES string of the molecule is CCNC(=NCC(C)CN1CCOCC1)NCCCOC1CCCCC1.I. The van der Waals surface area contributed by atoms with E-state index in [-0.39, 0.29) is 24.0 Å². The summed E-state index contributed by atoms with van der Waals surface area (Å²) in [4.78, 5) is 7.24. The Kier molecular flexibility index (Phi) is 14.5. The van der Waals surface area contributed by atoms with Gasteiger partial charge >= 0.3 is 0 Å². The molecule has 1 atom stereocenters. The molecule has 1 saturated carbocycles. The highest BCUT2D eigenvalue weighted by Crippen LogP contribution is 2.20. The van der Waals surface area contributed by atoms with Gasteiger partial charge in [0.05, 0.1) is 19.3 Å². The number of morpholine rings is 1. The maximum absolute atomic E-state index is 5.99. The molecular formula is C20H41IN4O2. The first-order valence-electron chi connectivity index (χ1n) is 10.7. The second kappa shape index (κ2) is 15.8. The fourth-order valence-corrected chi connectivity index (χ4v) is 3.63. The van der Waals surface area contributed by atoms with E-state index in [4.69, 9.17) is 14.5 Å². The van der Waals surface area contributed by atoms with Crippen LogP contribution in [0.4, 0.5) is 0 Å². The predicted molar refractivity (Wildman–Crippen MR) is 123 cm³/mol. The number of hydrogen-bond acceptors (Lipinski definition) is 4. The van der Waals surface area contributed by atoms with Crippen molar-refractivity contribution in [1.29, 1.82) is 0 Å². The van der Waals surface area contributed by atoms with Crippen LogP contribution < -0.4 is 10.6 Å². The summed E-state index contributed by atoms with van der Waals surface area (Å²) < 4.78 is 11.4. The first-order valence-corrected chi connectivity index (χ1v) is 10.7. The third-order valence-electron chi connectivity index (χ3n) is 5.10. The van der Waals surface area contributed by atoms with Gasteiger partial charge < -0.3 is 20.1 Å². The first-order chi connectivity index (χ1) is 12.8. The average molecular weight is 496 g/mol. The molecule has 0 aromatic carbocycles. The lowest BCUT2D eigenvalue weighted by atomic mass is 9.98. The Balaban J connectivity index is 0.00000364. The van der Waals surface area contributed by atoms with Crippen molar-refractivity contribution in [2.45, 2.75) is 58.5 Å². The largest absolute Gasteiger partial charge is 0.379 e. The minimum atomic E-state index is 0. The van der Waals surface area contributed by atoms with Crippen LogP contribution in [0.25, 0.3) is 0 Å². The van der Waals surface area contributed by atoms with Gasteiger partial charge in [-0.25, -0.2) is 0 Å². The molecule has 0 radical (unpaired) electrons. The van der Waals surface area contributed by atoms with Crippen LogP contribution in [0.15, 0.2) is 4.99 Å². The van der Waals surface area contributed by atoms with Gasteiger partial charge in [0.15, 0.2) is 5.96 Å². The van der Waals surface area contributed by atoms with Crippen molar-refractivity contribution in [3.8, 4) is 0 Å². The van der Waals surface area contributed by atoms with Crippen molar-refractivity contribution in [1.82, 2.24) is 15.5 Å². The Hall–Kier alpha value is -0.120. The van der Waals surface area contributed by atoms with E-state index < -0.39 is 0 Å². The summed E-state index contributed by atoms with van der Waals surface area (Å²) in [6.45, 7) is 12.8. The Morgan fingerprint density at radius 1 is 1.19 bits per heavy atom. The van der Waals surface area contributed by atoms with Crippen LogP contribution in [-0.4, -0.2) is 76.1 Å². The van der Waals surface area contributed by atoms with E-state index in [1.54, 1.807) is 0 Å². The van der Waals surface area contributed by atoms with E-state index in [0.717, 1.165) is 71.5 Å². The fourth-order valence-electron chi connectivity index (χ4n) is 3.63. The molecule has 1 heterocycles. The summed E-state index contributed by atoms with van der Waals surface area (Å²) in [5.41, 5.74) is 0. The van der Waals surface area contributed by atoms with Crippen molar-refractivity contribution in [3.63, 3.8) is 0 Å². The van der Waals surface area contributed by atoms with Gasteiger partial charge in [-0.05, 0) is 32.1 Å². The molecule has 0 aromatic rings. The molecule has 1 unspecified atom stereocenters. The standard InChI is InChI=1S/C20H40N4O2.HI/c1-3-21-20(22-10-7-13-26-19-8-5-4-6-9-19)23-16-18(2)17-24-11-14-25-15-12-24;/h18-19H,3-17H2,1-2H3,(H2,21,22,23);1H. The minimum Gasteiger partial charge on any atom is -0.379 e. The Bertz CT molecular complexity index is 386. The zero-order valence-electron chi connectivity index (χ0n) is 17.4. The maximum Gasteiger partial charge on any atom is 0.191 e. The lowest BCUT2D eigenvalue weighted by molar-refractivity contribution is 0.0277. The van der Waals surface area contributed by atoms with Gasteiger partial charge in [0, 0.05) is 45.9 Å². The molecule has 0 bridgehead atoms. The molecule has 2 N–H and O–H groups in total. The number of nitrogens with one attached hydrogen (secondary N) is 2. The molecule has 27 heavy (non-hydrogen) atoms. The number of halogens is 1. The molecule has 1 aliphatic heterocycles. The van der Waals surface area contributed by atoms with Crippen LogP contribution in [0.3, 0.4) is 0 Å². The van der Waals surface area contributed by atoms with Crippen molar-refractivity contribution < 1.29 is 9.47 Å². The van der Waals surface area contributed by atoms with Crippen LogP contribution in [0, 0.1) is 5.92 Å². The van der Waals surface area contributed by atoms with E-state index in [9.17, 15) is 0 Å². The highest BCUT2D eigenvalue weighted by atomic mass is 127. The summed E-state index contributed by atoms with van der Waals surface area (Å²) in [6.07, 6.45) is 8.09. The van der Waals surface area contributed by atoms with Crippen LogP contribution in [-0.2, 0) is 9.47 Å². The molecule has 0 amide bonds. The average Bonchev–Trinajstić information content (AvgIpc) is 2.67. The maximum atomic E-state index is 5.99. The van der Waals surface area contributed by atoms with Crippen molar-refractivity contribution in [2.24, 2.45) is 10.9 Å². The van der Waals surface area contributed by atoms with E-state index in [1.165, 1.54) is 32.1 Å². The highest BCUT2D eigenvalue weighted by molar-refractivity contribution is 14.0. The van der Waals surface area contributed by atoms with Crippen LogP contribution >= 0.6 is 24.0 Å². The van der Waals surface area contributed by atoms with Crippen molar-refractivity contribution in [3.05, 3.63) is 0 Å². The predicted octanol–water partition coefficient (Wildman–Crippen LogP) is 2.87. The van der Waals surface area contributed by atoms with E-state index >= 15 is 0 Å². The van der Waals surface area contributed by atoms with Crippen LogP contribution in [0.5, 0.6) is 0 Å². The minimum absolute atomic E-state index is 0. The van der Waals surface area contributed by atoms with E-state index in [0.29, 0.717) is 12.0 Å². The third-order valence-corrected chi connectivity index (χ3v) is 5.10. The van der Waals surface area contributed by atoms with Gasteiger partial charge in [0.25, 0.3) is 0 Å². The summed E-state index contributed by atoms with van der Waals surface area (Å²) in [6, 6.07) is 0. The van der Waals surface area contributed by atoms with Gasteiger partial charge in [-0.2, -0.15) is 0 Å². The Labute approximate surface area is 183 Å². The quantitative estimate of drug-likeness (QED) is 0.211. The van der Waals surface area contributed by atoms with Crippen molar-refractivity contribution >= 4 is 29.9 Å². The second-order valence-electron chi connectivity index (χ2n) is 7.65. The number of aliphatic imine (C=N–C) groups is 1. The molecule has 0 aromatic heterocycles. The Morgan fingerprint density at radius 3 is 2.63 bits per heavy atom. The molecule has 6 nitrogen and oxygen atoms in total. The zero-order chi connectivity index (χ0) is 18.5. The molecule has 160 valence electrons. The molecule has 0 spiro atoms. The number of guanidine groups is 1. The monoisotopic (exact) mass is 496 g/mol. The first kappa shape index (κ1) is 24.9. The van der Waals surface area contributed by atoms with E-state index in [1.807, 2.05) is 0 Å². The second-order valence-corrected chi connectivity index (χ2v) is 7.65. The summed E-state index contributed by atoms with van der Waals surface area (Å²) in [5.74, 6) is 1.48. The smallest absolute Gasteiger partial charge is 0.191 e. The van der Waals surface area contributed by atoms with Gasteiger partial charge in [0.2, 0.25) is 0 Å². The topological polar surface area (TPSA) is 58.1 Å². The summed E-state index contributed by atoms with van der Waals surface area (Å²) in [7, 11) is 0. The van der Waals surface area contributed by atoms with Gasteiger partial charge in [0.1, 0.15) is 0 Å². The van der Waals surface area contributed by atoms with Crippen LogP contribution in [0.1, 0.15) is 52.4 Å². The van der Waals surface area contributed by atoms with Gasteiger partial charge in [-0.15, -0.1) is 24.0 Å².